The summed E-state index contributed by atoms with van der Waals surface area (Å²) in [7, 11) is 0. The van der Waals surface area contributed by atoms with Crippen LogP contribution < -0.4 is 10.5 Å². The SMILES string of the molecule is N[C@@H](CCCC(=O)OCc1ccccc1)C(=O)COc1c(F)c(F)cc(F)c1F. The molecule has 2 rings (SSSR count). The summed E-state index contributed by atoms with van der Waals surface area (Å²) in [6.07, 6.45) is 0.343. The summed E-state index contributed by atoms with van der Waals surface area (Å²) in [4.78, 5) is 23.6. The molecular formula is C20H19F4NO4. The summed E-state index contributed by atoms with van der Waals surface area (Å²) in [6.45, 7) is -0.754. The van der Waals surface area contributed by atoms with E-state index in [0.29, 0.717) is 0 Å². The van der Waals surface area contributed by atoms with Gasteiger partial charge in [-0.15, -0.1) is 0 Å². The Morgan fingerprint density at radius 1 is 1.00 bits per heavy atom. The summed E-state index contributed by atoms with van der Waals surface area (Å²) >= 11 is 0. The van der Waals surface area contributed by atoms with Crippen molar-refractivity contribution in [1.82, 2.24) is 0 Å². The molecule has 0 amide bonds. The molecule has 0 aromatic heterocycles. The fourth-order valence-electron chi connectivity index (χ4n) is 2.37. The number of ketones is 1. The molecule has 2 aromatic carbocycles. The summed E-state index contributed by atoms with van der Waals surface area (Å²) in [5, 5.41) is 0. The van der Waals surface area contributed by atoms with Gasteiger partial charge in [-0.3, -0.25) is 9.59 Å². The maximum atomic E-state index is 13.5. The van der Waals surface area contributed by atoms with Gasteiger partial charge in [-0.05, 0) is 18.4 Å². The lowest BCUT2D eigenvalue weighted by Gasteiger charge is -2.13. The van der Waals surface area contributed by atoms with Crippen molar-refractivity contribution in [1.29, 1.82) is 0 Å². The molecule has 0 unspecified atom stereocenters. The van der Waals surface area contributed by atoms with Crippen LogP contribution in [0.3, 0.4) is 0 Å². The van der Waals surface area contributed by atoms with Crippen LogP contribution in [0.2, 0.25) is 0 Å². The zero-order valence-corrected chi connectivity index (χ0v) is 15.3. The second-order valence-electron chi connectivity index (χ2n) is 6.20. The van der Waals surface area contributed by atoms with E-state index in [1.807, 2.05) is 18.2 Å². The van der Waals surface area contributed by atoms with Gasteiger partial charge in [0.25, 0.3) is 0 Å². The summed E-state index contributed by atoms with van der Waals surface area (Å²) in [5.74, 6) is -9.32. The van der Waals surface area contributed by atoms with Crippen LogP contribution in [0.5, 0.6) is 5.75 Å². The molecule has 0 saturated carbocycles. The van der Waals surface area contributed by atoms with Gasteiger partial charge < -0.3 is 15.2 Å². The van der Waals surface area contributed by atoms with Gasteiger partial charge in [0.15, 0.2) is 23.2 Å². The van der Waals surface area contributed by atoms with Crippen molar-refractivity contribution >= 4 is 11.8 Å². The average molecular weight is 413 g/mol. The molecule has 0 aliphatic rings. The van der Waals surface area contributed by atoms with Crippen LogP contribution in [0.15, 0.2) is 36.4 Å². The molecule has 0 aliphatic heterocycles. The Kier molecular flexibility index (Phi) is 8.14. The van der Waals surface area contributed by atoms with E-state index in [1.165, 1.54) is 0 Å². The maximum Gasteiger partial charge on any atom is 0.306 e. The van der Waals surface area contributed by atoms with Crippen molar-refractivity contribution in [3.8, 4) is 5.75 Å². The van der Waals surface area contributed by atoms with Gasteiger partial charge >= 0.3 is 5.97 Å². The van der Waals surface area contributed by atoms with Crippen LogP contribution in [0, 0.1) is 23.3 Å². The average Bonchev–Trinajstić information content (AvgIpc) is 2.71. The van der Waals surface area contributed by atoms with Crippen LogP contribution in [-0.4, -0.2) is 24.4 Å². The van der Waals surface area contributed by atoms with E-state index in [2.05, 4.69) is 4.74 Å². The molecule has 156 valence electrons. The number of ether oxygens (including phenoxy) is 2. The fourth-order valence-corrected chi connectivity index (χ4v) is 2.37. The zero-order valence-electron chi connectivity index (χ0n) is 15.3. The number of esters is 1. The number of hydrogen-bond acceptors (Lipinski definition) is 5. The lowest BCUT2D eigenvalue weighted by Crippen LogP contribution is -2.34. The van der Waals surface area contributed by atoms with Crippen LogP contribution in [0.25, 0.3) is 0 Å². The summed E-state index contributed by atoms with van der Waals surface area (Å²) < 4.78 is 62.8. The molecule has 2 N–H and O–H groups in total. The minimum atomic E-state index is -1.74. The second-order valence-corrected chi connectivity index (χ2v) is 6.20. The normalized spacial score (nSPS) is 11.8. The van der Waals surface area contributed by atoms with E-state index in [9.17, 15) is 27.2 Å². The molecule has 9 heteroatoms. The van der Waals surface area contributed by atoms with Gasteiger partial charge in [0.1, 0.15) is 13.2 Å². The minimum absolute atomic E-state index is 0.0209. The number of hydrogen-bond donors (Lipinski definition) is 1. The van der Waals surface area contributed by atoms with Crippen LogP contribution in [0.1, 0.15) is 24.8 Å². The van der Waals surface area contributed by atoms with E-state index >= 15 is 0 Å². The molecule has 2 aromatic rings. The first-order valence-corrected chi connectivity index (χ1v) is 8.73. The largest absolute Gasteiger partial charge is 0.479 e. The van der Waals surface area contributed by atoms with Gasteiger partial charge in [0.2, 0.25) is 11.6 Å². The third-order valence-electron chi connectivity index (χ3n) is 3.98. The summed E-state index contributed by atoms with van der Waals surface area (Å²) in [5.41, 5.74) is 6.48. The molecule has 1 atom stereocenters. The Bertz CT molecular complexity index is 835. The highest BCUT2D eigenvalue weighted by Gasteiger charge is 2.22. The van der Waals surface area contributed by atoms with Crippen LogP contribution in [0.4, 0.5) is 17.6 Å². The van der Waals surface area contributed by atoms with Gasteiger partial charge in [0, 0.05) is 12.5 Å². The Labute approximate surface area is 164 Å². The molecule has 0 saturated heterocycles. The number of Topliss-reactive ketones (excluding diaryl/α,β-unsaturated/α-hetero) is 1. The monoisotopic (exact) mass is 413 g/mol. The minimum Gasteiger partial charge on any atom is -0.479 e. The molecular weight excluding hydrogens is 394 g/mol. The predicted molar refractivity (Wildman–Crippen MR) is 94.8 cm³/mol. The van der Waals surface area contributed by atoms with Crippen molar-refractivity contribution in [2.24, 2.45) is 5.73 Å². The van der Waals surface area contributed by atoms with E-state index in [0.717, 1.165) is 5.56 Å². The third-order valence-corrected chi connectivity index (χ3v) is 3.98. The second kappa shape index (κ2) is 10.6. The van der Waals surface area contributed by atoms with Crippen LogP contribution >= 0.6 is 0 Å². The smallest absolute Gasteiger partial charge is 0.306 e. The van der Waals surface area contributed by atoms with Gasteiger partial charge in [0.05, 0.1) is 6.04 Å². The quantitative estimate of drug-likeness (QED) is 0.367. The van der Waals surface area contributed by atoms with E-state index in [1.54, 1.807) is 12.1 Å². The lowest BCUT2D eigenvalue weighted by atomic mass is 10.1. The van der Waals surface area contributed by atoms with Crippen molar-refractivity contribution in [2.45, 2.75) is 31.9 Å². The Hall–Kier alpha value is -2.94. The van der Waals surface area contributed by atoms with Crippen molar-refractivity contribution in [3.63, 3.8) is 0 Å². The number of rotatable bonds is 10. The fraction of sp³-hybridized carbons (Fsp3) is 0.300. The van der Waals surface area contributed by atoms with Gasteiger partial charge in [-0.2, -0.15) is 8.78 Å². The molecule has 0 radical (unpaired) electrons. The number of nitrogens with two attached hydrogens (primary N) is 1. The standard InChI is InChI=1S/C20H19F4NO4/c21-13-9-14(22)19(24)20(18(13)23)29-11-16(26)15(25)7-4-8-17(27)28-10-12-5-2-1-3-6-12/h1-3,5-6,9,15H,4,7-8,10-11,25H2/t15-/m0/s1. The van der Waals surface area contributed by atoms with E-state index < -0.39 is 53.4 Å². The maximum absolute atomic E-state index is 13.5. The number of carbonyl (C=O) groups is 2. The highest BCUT2D eigenvalue weighted by Crippen LogP contribution is 2.26. The van der Waals surface area contributed by atoms with Crippen LogP contribution in [-0.2, 0) is 20.9 Å². The summed E-state index contributed by atoms with van der Waals surface area (Å²) in [6, 6.07) is 8.01. The highest BCUT2D eigenvalue weighted by molar-refractivity contribution is 5.85. The molecule has 0 fully saturated rings. The molecule has 0 heterocycles. The van der Waals surface area contributed by atoms with Gasteiger partial charge in [-0.25, -0.2) is 8.78 Å². The zero-order chi connectivity index (χ0) is 21.4. The topological polar surface area (TPSA) is 78.6 Å². The molecule has 0 bridgehead atoms. The molecule has 0 aliphatic carbocycles. The first kappa shape index (κ1) is 22.4. The molecule has 0 spiro atoms. The third kappa shape index (κ3) is 6.56. The van der Waals surface area contributed by atoms with Crippen molar-refractivity contribution in [3.05, 3.63) is 65.2 Å². The predicted octanol–water partition coefficient (Wildman–Crippen LogP) is 3.43. The number of halogens is 4. The van der Waals surface area contributed by atoms with E-state index in [4.69, 9.17) is 10.5 Å². The van der Waals surface area contributed by atoms with E-state index in [-0.39, 0.29) is 31.9 Å². The van der Waals surface area contributed by atoms with Crippen molar-refractivity contribution in [2.75, 3.05) is 6.61 Å². The Morgan fingerprint density at radius 2 is 1.62 bits per heavy atom. The first-order chi connectivity index (χ1) is 13.8. The van der Waals surface area contributed by atoms with Gasteiger partial charge in [-0.1, -0.05) is 30.3 Å². The lowest BCUT2D eigenvalue weighted by molar-refractivity contribution is -0.145. The Balaban J connectivity index is 1.73. The molecule has 29 heavy (non-hydrogen) atoms. The number of carbonyl (C=O) groups excluding carboxylic acids is 2. The molecule has 5 nitrogen and oxygen atoms in total. The van der Waals surface area contributed by atoms with Crippen molar-refractivity contribution < 1.29 is 36.6 Å². The Morgan fingerprint density at radius 3 is 2.24 bits per heavy atom. The first-order valence-electron chi connectivity index (χ1n) is 8.73. The highest BCUT2D eigenvalue weighted by atomic mass is 19.2. The number of benzene rings is 2.